The quantitative estimate of drug-likeness (QED) is 0.701. The van der Waals surface area contributed by atoms with Gasteiger partial charge in [-0.3, -0.25) is 9.59 Å². The van der Waals surface area contributed by atoms with Crippen LogP contribution in [-0.4, -0.2) is 21.1 Å². The molecule has 0 fully saturated rings. The Bertz CT molecular complexity index is 969. The third-order valence-electron chi connectivity index (χ3n) is 3.93. The highest BCUT2D eigenvalue weighted by Gasteiger charge is 2.14. The fraction of sp³-hybridized carbons (Fsp3) is 0.200. The first-order valence-corrected chi connectivity index (χ1v) is 8.54. The van der Waals surface area contributed by atoms with Gasteiger partial charge in [-0.25, -0.2) is 0 Å². The second kappa shape index (κ2) is 8.27. The predicted octanol–water partition coefficient (Wildman–Crippen LogP) is 2.61. The summed E-state index contributed by atoms with van der Waals surface area (Å²) in [5.74, 6) is 0.834. The molecule has 0 saturated heterocycles. The van der Waals surface area contributed by atoms with E-state index in [0.29, 0.717) is 23.7 Å². The number of carbonyl (C=O) groups is 1. The maximum Gasteiger partial charge on any atom is 0.275 e. The summed E-state index contributed by atoms with van der Waals surface area (Å²) in [7, 11) is 0. The molecule has 0 spiro atoms. The number of amides is 1. The lowest BCUT2D eigenvalue weighted by Crippen LogP contribution is -2.30. The highest BCUT2D eigenvalue weighted by molar-refractivity contribution is 5.73. The molecule has 27 heavy (non-hydrogen) atoms. The molecule has 138 valence electrons. The molecule has 1 atom stereocenters. The van der Waals surface area contributed by atoms with E-state index in [1.54, 1.807) is 19.1 Å². The van der Waals surface area contributed by atoms with Crippen LogP contribution in [0, 0.1) is 0 Å². The van der Waals surface area contributed by atoms with E-state index in [9.17, 15) is 9.59 Å². The lowest BCUT2D eigenvalue weighted by molar-refractivity contribution is -0.119. The van der Waals surface area contributed by atoms with Crippen LogP contribution in [-0.2, 0) is 11.4 Å². The van der Waals surface area contributed by atoms with Gasteiger partial charge in [0.05, 0.1) is 6.04 Å². The van der Waals surface area contributed by atoms with Crippen molar-refractivity contribution in [1.82, 2.24) is 20.5 Å². The third-order valence-corrected chi connectivity index (χ3v) is 3.93. The molecular formula is C20H20N4O3. The van der Waals surface area contributed by atoms with Crippen molar-refractivity contribution in [3.8, 4) is 17.1 Å². The maximum absolute atomic E-state index is 12.2. The van der Waals surface area contributed by atoms with E-state index in [-0.39, 0.29) is 17.2 Å². The van der Waals surface area contributed by atoms with Crippen molar-refractivity contribution in [2.75, 3.05) is 0 Å². The van der Waals surface area contributed by atoms with E-state index in [4.69, 9.17) is 4.74 Å². The number of hydrogen-bond acceptors (Lipinski definition) is 5. The molecule has 7 nitrogen and oxygen atoms in total. The molecule has 1 aromatic heterocycles. The molecule has 3 rings (SSSR count). The summed E-state index contributed by atoms with van der Waals surface area (Å²) in [4.78, 5) is 26.1. The molecule has 0 saturated carbocycles. The Morgan fingerprint density at radius 1 is 1.11 bits per heavy atom. The topological polar surface area (TPSA) is 97.0 Å². The molecule has 1 heterocycles. The number of nitrogens with one attached hydrogen (secondary N) is 2. The summed E-state index contributed by atoms with van der Waals surface area (Å²) in [5, 5.41) is 10.6. The molecule has 0 aliphatic rings. The average Bonchev–Trinajstić information content (AvgIpc) is 2.67. The van der Waals surface area contributed by atoms with Crippen LogP contribution in [0.5, 0.6) is 5.75 Å². The van der Waals surface area contributed by atoms with Gasteiger partial charge in [0.25, 0.3) is 5.56 Å². The van der Waals surface area contributed by atoms with Crippen LogP contribution in [0.2, 0.25) is 0 Å². The largest absolute Gasteiger partial charge is 0.489 e. The smallest absolute Gasteiger partial charge is 0.275 e. The van der Waals surface area contributed by atoms with E-state index in [1.165, 1.54) is 6.92 Å². The lowest BCUT2D eigenvalue weighted by Gasteiger charge is -2.10. The van der Waals surface area contributed by atoms with Crippen LogP contribution >= 0.6 is 0 Å². The minimum absolute atomic E-state index is 0.164. The Kier molecular flexibility index (Phi) is 5.61. The second-order valence-corrected chi connectivity index (χ2v) is 6.11. The number of nitrogens with zero attached hydrogens (tertiary/aromatic N) is 2. The normalized spacial score (nSPS) is 11.6. The van der Waals surface area contributed by atoms with Gasteiger partial charge in [-0.05, 0) is 36.8 Å². The van der Waals surface area contributed by atoms with Gasteiger partial charge in [0.1, 0.15) is 12.4 Å². The number of aromatic nitrogens is 3. The van der Waals surface area contributed by atoms with Crippen molar-refractivity contribution in [1.29, 1.82) is 0 Å². The van der Waals surface area contributed by atoms with Gasteiger partial charge >= 0.3 is 0 Å². The highest BCUT2D eigenvalue weighted by atomic mass is 16.5. The van der Waals surface area contributed by atoms with Gasteiger partial charge in [-0.1, -0.05) is 30.3 Å². The van der Waals surface area contributed by atoms with Gasteiger partial charge in [-0.2, -0.15) is 0 Å². The Hall–Kier alpha value is -3.48. The summed E-state index contributed by atoms with van der Waals surface area (Å²) >= 11 is 0. The van der Waals surface area contributed by atoms with Gasteiger partial charge in [-0.15, -0.1) is 10.2 Å². The second-order valence-electron chi connectivity index (χ2n) is 6.11. The number of benzene rings is 2. The zero-order valence-corrected chi connectivity index (χ0v) is 15.1. The molecule has 2 N–H and O–H groups in total. The van der Waals surface area contributed by atoms with Gasteiger partial charge in [0.15, 0.2) is 11.5 Å². The SMILES string of the molecule is CC(=O)NC(C)c1nnc(-c2ccc(OCc3ccccc3)cc2)[nH]c1=O. The van der Waals surface area contributed by atoms with Gasteiger partial charge in [0, 0.05) is 12.5 Å². The van der Waals surface area contributed by atoms with Crippen molar-refractivity contribution in [2.45, 2.75) is 26.5 Å². The van der Waals surface area contributed by atoms with Crippen LogP contribution in [0.15, 0.2) is 59.4 Å². The number of carbonyl (C=O) groups excluding carboxylic acids is 1. The zero-order valence-electron chi connectivity index (χ0n) is 15.1. The first-order valence-electron chi connectivity index (χ1n) is 8.54. The standard InChI is InChI=1S/C20H20N4O3/c1-13(21-14(2)25)18-20(26)22-19(24-23-18)16-8-10-17(11-9-16)27-12-15-6-4-3-5-7-15/h3-11,13H,12H2,1-2H3,(H,21,25)(H,22,24,26). The van der Waals surface area contributed by atoms with Crippen LogP contribution in [0.3, 0.4) is 0 Å². The summed E-state index contributed by atoms with van der Waals surface area (Å²) in [6, 6.07) is 16.6. The monoisotopic (exact) mass is 364 g/mol. The van der Waals surface area contributed by atoms with E-state index in [2.05, 4.69) is 20.5 Å². The fourth-order valence-electron chi connectivity index (χ4n) is 2.58. The van der Waals surface area contributed by atoms with Crippen molar-refractivity contribution < 1.29 is 9.53 Å². The van der Waals surface area contributed by atoms with E-state index in [0.717, 1.165) is 5.56 Å². The van der Waals surface area contributed by atoms with Crippen molar-refractivity contribution >= 4 is 5.91 Å². The molecule has 7 heteroatoms. The Labute approximate surface area is 156 Å². The molecular weight excluding hydrogens is 344 g/mol. The minimum Gasteiger partial charge on any atom is -0.489 e. The van der Waals surface area contributed by atoms with Crippen LogP contribution in [0.25, 0.3) is 11.4 Å². The molecule has 0 bridgehead atoms. The summed E-state index contributed by atoms with van der Waals surface area (Å²) in [6.45, 7) is 3.54. The molecule has 1 unspecified atom stereocenters. The molecule has 3 aromatic rings. The van der Waals surface area contributed by atoms with Crippen molar-refractivity contribution in [3.63, 3.8) is 0 Å². The molecule has 1 amide bonds. The number of aromatic amines is 1. The van der Waals surface area contributed by atoms with Gasteiger partial charge in [0.2, 0.25) is 5.91 Å². The van der Waals surface area contributed by atoms with Crippen LogP contribution in [0.1, 0.15) is 31.1 Å². The molecule has 0 radical (unpaired) electrons. The van der Waals surface area contributed by atoms with Crippen molar-refractivity contribution in [3.05, 3.63) is 76.2 Å². The third kappa shape index (κ3) is 4.78. The first-order chi connectivity index (χ1) is 13.0. The average molecular weight is 364 g/mol. The molecule has 0 aliphatic carbocycles. The minimum atomic E-state index is -0.512. The van der Waals surface area contributed by atoms with E-state index in [1.807, 2.05) is 42.5 Å². The lowest BCUT2D eigenvalue weighted by atomic mass is 10.2. The van der Waals surface area contributed by atoms with Crippen LogP contribution < -0.4 is 15.6 Å². The first kappa shape index (κ1) is 18.3. The Morgan fingerprint density at radius 3 is 2.44 bits per heavy atom. The van der Waals surface area contributed by atoms with Gasteiger partial charge < -0.3 is 15.0 Å². The fourth-order valence-corrected chi connectivity index (χ4v) is 2.58. The summed E-state index contributed by atoms with van der Waals surface area (Å²) in [5.41, 5.74) is 1.58. The maximum atomic E-state index is 12.2. The van der Waals surface area contributed by atoms with E-state index >= 15 is 0 Å². The molecule has 0 aliphatic heterocycles. The highest BCUT2D eigenvalue weighted by Crippen LogP contribution is 2.19. The van der Waals surface area contributed by atoms with Crippen molar-refractivity contribution in [2.24, 2.45) is 0 Å². The Balaban J connectivity index is 1.70. The molecule has 2 aromatic carbocycles. The number of hydrogen-bond donors (Lipinski definition) is 2. The number of rotatable bonds is 6. The Morgan fingerprint density at radius 2 is 1.81 bits per heavy atom. The summed E-state index contributed by atoms with van der Waals surface area (Å²) < 4.78 is 5.75. The number of ether oxygens (including phenoxy) is 1. The summed E-state index contributed by atoms with van der Waals surface area (Å²) in [6.07, 6.45) is 0. The number of H-pyrrole nitrogens is 1. The zero-order chi connectivity index (χ0) is 19.2. The van der Waals surface area contributed by atoms with Crippen LogP contribution in [0.4, 0.5) is 0 Å². The predicted molar refractivity (Wildman–Crippen MR) is 101 cm³/mol. The van der Waals surface area contributed by atoms with E-state index < -0.39 is 6.04 Å².